The number of hydrogen-bond donors (Lipinski definition) is 2. The minimum absolute atomic E-state index is 0.0611. The minimum Gasteiger partial charge on any atom is -0.351 e. The number of rotatable bonds is 3. The largest absolute Gasteiger partial charge is 0.430 e. The van der Waals surface area contributed by atoms with E-state index in [0.29, 0.717) is 25.9 Å². The van der Waals surface area contributed by atoms with E-state index in [0.717, 1.165) is 23.4 Å². The van der Waals surface area contributed by atoms with Crippen LogP contribution in [0.5, 0.6) is 0 Å². The molecule has 2 aliphatic rings. The molecule has 2 aliphatic heterocycles. The molecule has 1 amide bonds. The Morgan fingerprint density at radius 1 is 1.16 bits per heavy atom. The van der Waals surface area contributed by atoms with Crippen LogP contribution in [0.15, 0.2) is 54.6 Å². The van der Waals surface area contributed by atoms with E-state index in [1.165, 1.54) is 11.1 Å². The highest BCUT2D eigenvalue weighted by atomic mass is 35.5. The highest BCUT2D eigenvalue weighted by molar-refractivity contribution is 6.31. The molecule has 0 saturated carbocycles. The van der Waals surface area contributed by atoms with Gasteiger partial charge in [-0.1, -0.05) is 41.9 Å². The third-order valence-electron chi connectivity index (χ3n) is 5.16. The van der Waals surface area contributed by atoms with E-state index in [2.05, 4.69) is 10.8 Å². The van der Waals surface area contributed by atoms with Gasteiger partial charge in [-0.15, -0.1) is 5.06 Å². The highest BCUT2D eigenvalue weighted by Crippen LogP contribution is 2.37. The van der Waals surface area contributed by atoms with Gasteiger partial charge in [-0.05, 0) is 42.7 Å². The van der Waals surface area contributed by atoms with E-state index in [-0.39, 0.29) is 5.69 Å². The topological polar surface area (TPSA) is 62.8 Å². The third-order valence-corrected chi connectivity index (χ3v) is 5.48. The summed E-state index contributed by atoms with van der Waals surface area (Å²) in [5.74, 6) is 0. The lowest BCUT2D eigenvalue weighted by atomic mass is 9.91. The molecular weight excluding hydrogens is 435 g/mol. The first-order valence-corrected chi connectivity index (χ1v) is 9.95. The van der Waals surface area contributed by atoms with Crippen LogP contribution in [0.3, 0.4) is 0 Å². The second kappa shape index (κ2) is 8.41. The summed E-state index contributed by atoms with van der Waals surface area (Å²) < 4.78 is 38.9. The number of carbonyl (C=O) groups excluding carboxylic acids is 1. The zero-order chi connectivity index (χ0) is 22.1. The van der Waals surface area contributed by atoms with E-state index in [1.807, 2.05) is 36.4 Å². The van der Waals surface area contributed by atoms with Crippen molar-refractivity contribution in [1.82, 2.24) is 10.5 Å². The van der Waals surface area contributed by atoms with Crippen molar-refractivity contribution in [1.29, 1.82) is 0 Å². The molecule has 0 aromatic heterocycles. The van der Waals surface area contributed by atoms with Gasteiger partial charge in [0.05, 0.1) is 16.3 Å². The molecule has 4 rings (SSSR count). The number of carbonyl (C=O) groups is 1. The van der Waals surface area contributed by atoms with Gasteiger partial charge in [-0.25, -0.2) is 4.79 Å². The Morgan fingerprint density at radius 2 is 1.87 bits per heavy atom. The number of amides is 1. The Labute approximate surface area is 181 Å². The summed E-state index contributed by atoms with van der Waals surface area (Å²) in [6.07, 6.45) is -2.32. The molecule has 1 spiro atoms. The van der Waals surface area contributed by atoms with Crippen molar-refractivity contribution in [2.24, 2.45) is 0 Å². The maximum atomic E-state index is 13.0. The van der Waals surface area contributed by atoms with Gasteiger partial charge in [-0.3, -0.25) is 15.6 Å². The maximum absolute atomic E-state index is 13.0. The molecule has 10 heteroatoms. The lowest BCUT2D eigenvalue weighted by Crippen LogP contribution is -2.45. The maximum Gasteiger partial charge on any atom is 0.430 e. The minimum atomic E-state index is -4.62. The van der Waals surface area contributed by atoms with Crippen molar-refractivity contribution in [3.05, 3.63) is 70.8 Å². The zero-order valence-corrected chi connectivity index (χ0v) is 17.0. The normalized spacial score (nSPS) is 18.4. The number of nitrogens with zero attached hydrogens (tertiary/aromatic N) is 1. The molecule has 2 aromatic rings. The number of hydrogen-bond acceptors (Lipinski definition) is 5. The van der Waals surface area contributed by atoms with E-state index >= 15 is 0 Å². The number of hydroxylamine groups is 3. The predicted octanol–water partition coefficient (Wildman–Crippen LogP) is 5.23. The molecule has 0 atom stereocenters. The molecule has 1 saturated heterocycles. The van der Waals surface area contributed by atoms with Crippen LogP contribution >= 0.6 is 11.6 Å². The van der Waals surface area contributed by atoms with Crippen LogP contribution in [-0.2, 0) is 15.9 Å². The lowest BCUT2D eigenvalue weighted by Gasteiger charge is -2.35. The van der Waals surface area contributed by atoms with Crippen molar-refractivity contribution in [3.8, 4) is 0 Å². The van der Waals surface area contributed by atoms with Crippen molar-refractivity contribution >= 4 is 29.1 Å². The molecule has 164 valence electrons. The molecule has 0 bridgehead atoms. The Kier molecular flexibility index (Phi) is 5.83. The summed E-state index contributed by atoms with van der Waals surface area (Å²) in [6, 6.07) is 12.9. The molecule has 2 heterocycles. The number of nitrogens with one attached hydrogen (secondary N) is 2. The van der Waals surface area contributed by atoms with E-state index in [4.69, 9.17) is 21.3 Å². The summed E-state index contributed by atoms with van der Waals surface area (Å²) in [5.41, 5.74) is 3.27. The standard InChI is InChI=1S/C21H19ClF3N3O3/c22-17-7-6-15(12-16(17)21(23,24)25)26-19(29)30-28-10-8-20(9-11-28)13-18(27-31-20)14-4-2-1-3-5-14/h1-7,12-13,27H,8-11H2,(H,26,29). The molecule has 2 N–H and O–H groups in total. The predicted molar refractivity (Wildman–Crippen MR) is 109 cm³/mol. The second-order valence-electron chi connectivity index (χ2n) is 7.32. The number of piperidine rings is 1. The van der Waals surface area contributed by atoms with Gasteiger partial charge in [0.1, 0.15) is 5.60 Å². The summed E-state index contributed by atoms with van der Waals surface area (Å²) in [5, 5.41) is 3.32. The molecular formula is C21H19ClF3N3O3. The van der Waals surface area contributed by atoms with Crippen LogP contribution in [0.25, 0.3) is 5.70 Å². The average molecular weight is 454 g/mol. The van der Waals surface area contributed by atoms with E-state index in [9.17, 15) is 18.0 Å². The van der Waals surface area contributed by atoms with Gasteiger partial charge in [0.2, 0.25) is 0 Å². The van der Waals surface area contributed by atoms with E-state index in [1.54, 1.807) is 0 Å². The van der Waals surface area contributed by atoms with Crippen LogP contribution in [0.2, 0.25) is 5.02 Å². The summed E-state index contributed by atoms with van der Waals surface area (Å²) >= 11 is 5.59. The Morgan fingerprint density at radius 3 is 2.55 bits per heavy atom. The molecule has 31 heavy (non-hydrogen) atoms. The van der Waals surface area contributed by atoms with Gasteiger partial charge in [-0.2, -0.15) is 13.2 Å². The number of benzene rings is 2. The fourth-order valence-electron chi connectivity index (χ4n) is 3.52. The molecule has 1 fully saturated rings. The summed E-state index contributed by atoms with van der Waals surface area (Å²) in [7, 11) is 0. The fourth-order valence-corrected chi connectivity index (χ4v) is 3.74. The van der Waals surface area contributed by atoms with Crippen molar-refractivity contribution in [2.75, 3.05) is 18.4 Å². The zero-order valence-electron chi connectivity index (χ0n) is 16.2. The van der Waals surface area contributed by atoms with Crippen LogP contribution < -0.4 is 10.8 Å². The fraction of sp³-hybridized carbons (Fsp3) is 0.286. The van der Waals surface area contributed by atoms with Crippen LogP contribution in [0.4, 0.5) is 23.7 Å². The van der Waals surface area contributed by atoms with Crippen molar-refractivity contribution in [2.45, 2.75) is 24.6 Å². The molecule has 0 unspecified atom stereocenters. The first kappa shape index (κ1) is 21.5. The SMILES string of the molecule is O=C(Nc1ccc(Cl)c(C(F)(F)F)c1)ON1CCC2(C=C(c3ccccc3)NO2)CC1. The Balaban J connectivity index is 1.33. The molecule has 2 aromatic carbocycles. The third kappa shape index (κ3) is 4.95. The van der Waals surface area contributed by atoms with Gasteiger partial charge in [0, 0.05) is 18.8 Å². The summed E-state index contributed by atoms with van der Waals surface area (Å²) in [6.45, 7) is 0.810. The van der Waals surface area contributed by atoms with Crippen molar-refractivity contribution in [3.63, 3.8) is 0 Å². The van der Waals surface area contributed by atoms with Crippen LogP contribution in [0.1, 0.15) is 24.0 Å². The quantitative estimate of drug-likeness (QED) is 0.666. The molecule has 0 aliphatic carbocycles. The number of halogens is 4. The highest BCUT2D eigenvalue weighted by Gasteiger charge is 2.40. The first-order chi connectivity index (χ1) is 14.7. The smallest absolute Gasteiger partial charge is 0.351 e. The first-order valence-electron chi connectivity index (χ1n) is 9.57. The molecule has 0 radical (unpaired) electrons. The summed E-state index contributed by atoms with van der Waals surface area (Å²) in [4.78, 5) is 23.2. The van der Waals surface area contributed by atoms with Crippen molar-refractivity contribution < 1.29 is 27.6 Å². The monoisotopic (exact) mass is 453 g/mol. The lowest BCUT2D eigenvalue weighted by molar-refractivity contribution is -0.153. The van der Waals surface area contributed by atoms with Crippen LogP contribution in [-0.4, -0.2) is 29.8 Å². The van der Waals surface area contributed by atoms with E-state index < -0.39 is 28.5 Å². The second-order valence-corrected chi connectivity index (χ2v) is 7.73. The van der Waals surface area contributed by atoms with Gasteiger partial charge >= 0.3 is 12.3 Å². The van der Waals surface area contributed by atoms with Crippen LogP contribution in [0, 0.1) is 0 Å². The molecule has 6 nitrogen and oxygen atoms in total. The number of anilines is 1. The van der Waals surface area contributed by atoms with Gasteiger partial charge in [0.15, 0.2) is 0 Å². The Hall–Kier alpha value is -2.75. The average Bonchev–Trinajstić information content (AvgIpc) is 3.15. The Bertz CT molecular complexity index is 990. The van der Waals surface area contributed by atoms with Gasteiger partial charge in [0.25, 0.3) is 0 Å². The van der Waals surface area contributed by atoms with Gasteiger partial charge < -0.3 is 4.84 Å². The number of alkyl halides is 3.